The predicted molar refractivity (Wildman–Crippen MR) is 101 cm³/mol. The molecule has 0 aliphatic carbocycles. The highest BCUT2D eigenvalue weighted by Gasteiger charge is 2.09. The van der Waals surface area contributed by atoms with Gasteiger partial charge in [-0.1, -0.05) is 0 Å². The Bertz CT molecular complexity index is 749. The van der Waals surface area contributed by atoms with E-state index in [2.05, 4.69) is 10.6 Å². The molecule has 0 aromatic heterocycles. The van der Waals surface area contributed by atoms with Gasteiger partial charge in [0.15, 0.2) is 11.5 Å². The van der Waals surface area contributed by atoms with Crippen LogP contribution in [-0.2, 0) is 4.79 Å². The Balaban J connectivity index is 1.89. The molecule has 0 atom stereocenters. The summed E-state index contributed by atoms with van der Waals surface area (Å²) in [5, 5.41) is 6.02. The van der Waals surface area contributed by atoms with E-state index in [-0.39, 0.29) is 5.91 Å². The fourth-order valence-corrected chi connectivity index (χ4v) is 2.38. The molecule has 2 aromatic carbocycles. The molecule has 0 aliphatic rings. The lowest BCUT2D eigenvalue weighted by Crippen LogP contribution is -2.16. The Kier molecular flexibility index (Phi) is 6.96. The van der Waals surface area contributed by atoms with E-state index in [1.165, 1.54) is 0 Å². The highest BCUT2D eigenvalue weighted by molar-refractivity contribution is 5.92. The van der Waals surface area contributed by atoms with E-state index < -0.39 is 0 Å². The summed E-state index contributed by atoms with van der Waals surface area (Å²) in [6.45, 7) is 0.472. The average molecular weight is 360 g/mol. The van der Waals surface area contributed by atoms with Gasteiger partial charge in [-0.15, -0.1) is 0 Å². The number of methoxy groups -OCH3 is 4. The molecule has 0 radical (unpaired) electrons. The maximum atomic E-state index is 12.2. The largest absolute Gasteiger partial charge is 0.497 e. The molecule has 26 heavy (non-hydrogen) atoms. The number of rotatable bonds is 9. The van der Waals surface area contributed by atoms with Crippen molar-refractivity contribution < 1.29 is 23.7 Å². The molecular weight excluding hydrogens is 336 g/mol. The van der Waals surface area contributed by atoms with Gasteiger partial charge in [-0.2, -0.15) is 0 Å². The number of hydrogen-bond acceptors (Lipinski definition) is 6. The molecule has 0 saturated heterocycles. The normalized spacial score (nSPS) is 10.0. The Hall–Kier alpha value is -3.09. The minimum absolute atomic E-state index is 0.124. The van der Waals surface area contributed by atoms with Gasteiger partial charge in [0.05, 0.1) is 34.1 Å². The van der Waals surface area contributed by atoms with Crippen molar-refractivity contribution in [1.82, 2.24) is 0 Å². The second-order valence-electron chi connectivity index (χ2n) is 5.36. The molecule has 0 aliphatic heterocycles. The van der Waals surface area contributed by atoms with Crippen LogP contribution in [-0.4, -0.2) is 40.9 Å². The van der Waals surface area contributed by atoms with Gasteiger partial charge in [-0.3, -0.25) is 4.79 Å². The van der Waals surface area contributed by atoms with Gasteiger partial charge in [0, 0.05) is 30.8 Å². The number of anilines is 2. The summed E-state index contributed by atoms with van der Waals surface area (Å²) in [6, 6.07) is 10.7. The quantitative estimate of drug-likeness (QED) is 0.715. The van der Waals surface area contributed by atoms with Crippen LogP contribution in [0.1, 0.15) is 6.42 Å². The maximum absolute atomic E-state index is 12.2. The van der Waals surface area contributed by atoms with E-state index in [4.69, 9.17) is 18.9 Å². The van der Waals surface area contributed by atoms with Gasteiger partial charge < -0.3 is 29.6 Å². The molecule has 0 saturated carbocycles. The molecule has 0 bridgehead atoms. The van der Waals surface area contributed by atoms with Crippen molar-refractivity contribution in [3.05, 3.63) is 36.4 Å². The van der Waals surface area contributed by atoms with Gasteiger partial charge >= 0.3 is 0 Å². The molecule has 1 amide bonds. The van der Waals surface area contributed by atoms with E-state index >= 15 is 0 Å². The van der Waals surface area contributed by atoms with Crippen LogP contribution >= 0.6 is 0 Å². The van der Waals surface area contributed by atoms with E-state index in [1.54, 1.807) is 46.6 Å². The van der Waals surface area contributed by atoms with Gasteiger partial charge in [0.1, 0.15) is 11.5 Å². The van der Waals surface area contributed by atoms with Crippen LogP contribution in [0.5, 0.6) is 23.0 Å². The lowest BCUT2D eigenvalue weighted by molar-refractivity contribution is -0.116. The first-order valence-corrected chi connectivity index (χ1v) is 8.09. The van der Waals surface area contributed by atoms with Crippen molar-refractivity contribution in [2.45, 2.75) is 6.42 Å². The molecular formula is C19H24N2O5. The molecule has 0 unspecified atom stereocenters. The summed E-state index contributed by atoms with van der Waals surface area (Å²) in [7, 11) is 6.29. The van der Waals surface area contributed by atoms with Crippen LogP contribution in [0.25, 0.3) is 0 Å². The third-order valence-corrected chi connectivity index (χ3v) is 3.75. The van der Waals surface area contributed by atoms with Crippen LogP contribution in [0, 0.1) is 0 Å². The van der Waals surface area contributed by atoms with Crippen molar-refractivity contribution in [1.29, 1.82) is 0 Å². The number of nitrogens with one attached hydrogen (secondary N) is 2. The van der Waals surface area contributed by atoms with Gasteiger partial charge in [-0.05, 0) is 24.3 Å². The summed E-state index contributed by atoms with van der Waals surface area (Å²) in [5.41, 5.74) is 1.45. The minimum Gasteiger partial charge on any atom is -0.497 e. The Morgan fingerprint density at radius 3 is 2.23 bits per heavy atom. The van der Waals surface area contributed by atoms with E-state index in [0.717, 1.165) is 5.69 Å². The lowest BCUT2D eigenvalue weighted by atomic mass is 10.2. The summed E-state index contributed by atoms with van der Waals surface area (Å²) in [6.07, 6.45) is 0.295. The molecule has 7 heteroatoms. The third-order valence-electron chi connectivity index (χ3n) is 3.75. The first kappa shape index (κ1) is 19.2. The highest BCUT2D eigenvalue weighted by Crippen LogP contribution is 2.30. The fraction of sp³-hybridized carbons (Fsp3) is 0.316. The van der Waals surface area contributed by atoms with E-state index in [0.29, 0.717) is 41.7 Å². The summed E-state index contributed by atoms with van der Waals surface area (Å²) in [5.74, 6) is 2.37. The second-order valence-corrected chi connectivity index (χ2v) is 5.36. The Labute approximate surface area is 153 Å². The number of carbonyl (C=O) groups excluding carboxylic acids is 1. The van der Waals surface area contributed by atoms with Crippen LogP contribution in [0.4, 0.5) is 11.4 Å². The first-order chi connectivity index (χ1) is 12.6. The third kappa shape index (κ3) is 4.95. The lowest BCUT2D eigenvalue weighted by Gasteiger charge is -2.13. The predicted octanol–water partition coefficient (Wildman–Crippen LogP) is 3.16. The van der Waals surface area contributed by atoms with Crippen LogP contribution in [0.3, 0.4) is 0 Å². The molecule has 2 aromatic rings. The van der Waals surface area contributed by atoms with Crippen LogP contribution in [0.2, 0.25) is 0 Å². The zero-order valence-corrected chi connectivity index (χ0v) is 15.4. The fourth-order valence-electron chi connectivity index (χ4n) is 2.38. The molecule has 0 fully saturated rings. The standard InChI is InChI=1S/C19H24N2O5/c1-23-14-6-7-15(17(12-14)25-3)21-19(22)9-10-20-13-5-8-16(24-2)18(11-13)26-4/h5-8,11-12,20H,9-10H2,1-4H3,(H,21,22). The van der Waals surface area contributed by atoms with Gasteiger partial charge in [0.25, 0.3) is 0 Å². The van der Waals surface area contributed by atoms with Gasteiger partial charge in [0.2, 0.25) is 5.91 Å². The number of hydrogen-bond donors (Lipinski definition) is 2. The first-order valence-electron chi connectivity index (χ1n) is 8.09. The molecule has 2 rings (SSSR count). The van der Waals surface area contributed by atoms with Crippen molar-refractivity contribution >= 4 is 17.3 Å². The molecule has 0 spiro atoms. The highest BCUT2D eigenvalue weighted by atomic mass is 16.5. The maximum Gasteiger partial charge on any atom is 0.226 e. The number of benzene rings is 2. The van der Waals surface area contributed by atoms with Gasteiger partial charge in [-0.25, -0.2) is 0 Å². The molecule has 140 valence electrons. The van der Waals surface area contributed by atoms with Crippen LogP contribution in [0.15, 0.2) is 36.4 Å². The number of amides is 1. The average Bonchev–Trinajstić information content (AvgIpc) is 2.68. The zero-order valence-electron chi connectivity index (χ0n) is 15.4. The molecule has 2 N–H and O–H groups in total. The van der Waals surface area contributed by atoms with Crippen molar-refractivity contribution in [3.8, 4) is 23.0 Å². The van der Waals surface area contributed by atoms with Crippen LogP contribution < -0.4 is 29.6 Å². The topological polar surface area (TPSA) is 78.1 Å². The van der Waals surface area contributed by atoms with Crippen molar-refractivity contribution in [3.63, 3.8) is 0 Å². The van der Waals surface area contributed by atoms with Crippen molar-refractivity contribution in [2.24, 2.45) is 0 Å². The van der Waals surface area contributed by atoms with E-state index in [9.17, 15) is 4.79 Å². The second kappa shape index (κ2) is 9.41. The zero-order chi connectivity index (χ0) is 18.9. The summed E-state index contributed by atoms with van der Waals surface area (Å²) < 4.78 is 20.9. The van der Waals surface area contributed by atoms with E-state index in [1.807, 2.05) is 18.2 Å². The Morgan fingerprint density at radius 2 is 1.58 bits per heavy atom. The molecule has 7 nitrogen and oxygen atoms in total. The molecule has 0 heterocycles. The minimum atomic E-state index is -0.124. The number of ether oxygens (including phenoxy) is 4. The Morgan fingerprint density at radius 1 is 0.846 bits per heavy atom. The van der Waals surface area contributed by atoms with Crippen molar-refractivity contribution in [2.75, 3.05) is 45.6 Å². The smallest absolute Gasteiger partial charge is 0.226 e. The number of carbonyl (C=O) groups is 1. The monoisotopic (exact) mass is 360 g/mol. The summed E-state index contributed by atoms with van der Waals surface area (Å²) >= 11 is 0. The SMILES string of the molecule is COc1ccc(NC(=O)CCNc2ccc(OC)c(OC)c2)c(OC)c1. The summed E-state index contributed by atoms with van der Waals surface area (Å²) in [4.78, 5) is 12.2.